The van der Waals surface area contributed by atoms with E-state index in [1.54, 1.807) is 6.33 Å². The summed E-state index contributed by atoms with van der Waals surface area (Å²) in [5.74, 6) is 0. The van der Waals surface area contributed by atoms with E-state index in [2.05, 4.69) is 31.7 Å². The molecule has 2 atom stereocenters. The van der Waals surface area contributed by atoms with Gasteiger partial charge < -0.3 is 15.6 Å². The second-order valence-corrected chi connectivity index (χ2v) is 5.70. The van der Waals surface area contributed by atoms with Crippen LogP contribution in [0, 0.1) is 0 Å². The van der Waals surface area contributed by atoms with Gasteiger partial charge in [0, 0.05) is 49.5 Å². The van der Waals surface area contributed by atoms with Crippen LogP contribution < -0.4 is 10.6 Å². The number of H-pyrrole nitrogens is 1. The first-order valence-corrected chi connectivity index (χ1v) is 7.75. The van der Waals surface area contributed by atoms with Crippen LogP contribution in [0.15, 0.2) is 37.1 Å². The van der Waals surface area contributed by atoms with Crippen molar-refractivity contribution < 1.29 is 0 Å². The Morgan fingerprint density at radius 3 is 2.52 bits per heavy atom. The number of hydrogen-bond acceptors (Lipinski definition) is 4. The lowest BCUT2D eigenvalue weighted by Gasteiger charge is -2.33. The number of nitrogens with zero attached hydrogens (tertiary/aromatic N) is 2. The molecule has 1 aliphatic carbocycles. The van der Waals surface area contributed by atoms with Gasteiger partial charge in [-0.25, -0.2) is 4.98 Å². The predicted octanol–water partition coefficient (Wildman–Crippen LogP) is 2.00. The molecule has 2 aromatic rings. The van der Waals surface area contributed by atoms with E-state index in [1.807, 2.05) is 24.7 Å². The van der Waals surface area contributed by atoms with Gasteiger partial charge in [-0.3, -0.25) is 4.98 Å². The van der Waals surface area contributed by atoms with E-state index in [1.165, 1.54) is 31.2 Å². The molecule has 0 aliphatic heterocycles. The Labute approximate surface area is 125 Å². The molecule has 0 amide bonds. The molecule has 1 aliphatic rings. The van der Waals surface area contributed by atoms with Crippen LogP contribution in [0.5, 0.6) is 0 Å². The molecule has 2 aromatic heterocycles. The number of hydrogen-bond donors (Lipinski definition) is 3. The largest absolute Gasteiger partial charge is 0.347 e. The van der Waals surface area contributed by atoms with Gasteiger partial charge in [0.25, 0.3) is 0 Å². The molecule has 5 heteroatoms. The zero-order valence-corrected chi connectivity index (χ0v) is 12.3. The first-order valence-electron chi connectivity index (χ1n) is 7.75. The quantitative estimate of drug-likeness (QED) is 0.759. The molecule has 5 nitrogen and oxygen atoms in total. The molecule has 0 radical (unpaired) electrons. The summed E-state index contributed by atoms with van der Waals surface area (Å²) in [4.78, 5) is 11.4. The molecule has 1 fully saturated rings. The van der Waals surface area contributed by atoms with Crippen LogP contribution in [0.25, 0.3) is 0 Å². The molecule has 3 rings (SSSR count). The highest BCUT2D eigenvalue weighted by molar-refractivity contribution is 5.08. The maximum Gasteiger partial charge on any atom is 0.0922 e. The standard InChI is InChI=1S/C16H23N5/c1-2-6-16(20-11-14-10-18-12-21-14)15(5-1)19-9-13-4-3-7-17-8-13/h3-4,7-8,10,12,15-16,19-20H,1-2,5-6,9,11H2,(H,18,21)/t15-,16?/m0/s1. The monoisotopic (exact) mass is 285 g/mol. The van der Waals surface area contributed by atoms with Gasteiger partial charge in [-0.1, -0.05) is 18.9 Å². The van der Waals surface area contributed by atoms with Crippen molar-refractivity contribution in [3.05, 3.63) is 48.3 Å². The molecule has 1 unspecified atom stereocenters. The summed E-state index contributed by atoms with van der Waals surface area (Å²) < 4.78 is 0. The van der Waals surface area contributed by atoms with Crippen molar-refractivity contribution in [2.75, 3.05) is 0 Å². The van der Waals surface area contributed by atoms with Gasteiger partial charge in [-0.05, 0) is 24.5 Å². The summed E-state index contributed by atoms with van der Waals surface area (Å²) in [7, 11) is 0. The lowest BCUT2D eigenvalue weighted by Crippen LogP contribution is -2.49. The second-order valence-electron chi connectivity index (χ2n) is 5.70. The first kappa shape index (κ1) is 14.2. The van der Waals surface area contributed by atoms with Gasteiger partial charge in [0.1, 0.15) is 0 Å². The van der Waals surface area contributed by atoms with Gasteiger partial charge in [-0.2, -0.15) is 0 Å². The number of nitrogens with one attached hydrogen (secondary N) is 3. The number of aromatic nitrogens is 3. The highest BCUT2D eigenvalue weighted by atomic mass is 15.0. The van der Waals surface area contributed by atoms with Gasteiger partial charge in [0.05, 0.1) is 6.33 Å². The average molecular weight is 285 g/mol. The van der Waals surface area contributed by atoms with E-state index >= 15 is 0 Å². The summed E-state index contributed by atoms with van der Waals surface area (Å²) in [6, 6.07) is 5.17. The lowest BCUT2D eigenvalue weighted by atomic mass is 9.90. The third kappa shape index (κ3) is 4.12. The molecule has 0 saturated heterocycles. The van der Waals surface area contributed by atoms with Crippen molar-refractivity contribution in [3.63, 3.8) is 0 Å². The summed E-state index contributed by atoms with van der Waals surface area (Å²) in [5, 5.41) is 7.35. The average Bonchev–Trinajstić information content (AvgIpc) is 3.06. The van der Waals surface area contributed by atoms with Crippen LogP contribution >= 0.6 is 0 Å². The maximum absolute atomic E-state index is 4.17. The van der Waals surface area contributed by atoms with Gasteiger partial charge in [-0.15, -0.1) is 0 Å². The molecule has 0 spiro atoms. The minimum absolute atomic E-state index is 0.527. The van der Waals surface area contributed by atoms with Crippen molar-refractivity contribution in [2.24, 2.45) is 0 Å². The second kappa shape index (κ2) is 7.33. The summed E-state index contributed by atoms with van der Waals surface area (Å²) >= 11 is 0. The fourth-order valence-electron chi connectivity index (χ4n) is 2.99. The molecule has 112 valence electrons. The van der Waals surface area contributed by atoms with Crippen LogP contribution in [0.2, 0.25) is 0 Å². The van der Waals surface area contributed by atoms with Crippen LogP contribution in [-0.4, -0.2) is 27.0 Å². The number of pyridine rings is 1. The topological polar surface area (TPSA) is 65.6 Å². The fraction of sp³-hybridized carbons (Fsp3) is 0.500. The zero-order chi connectivity index (χ0) is 14.3. The normalized spacial score (nSPS) is 22.3. The van der Waals surface area contributed by atoms with Crippen molar-refractivity contribution in [1.82, 2.24) is 25.6 Å². The minimum atomic E-state index is 0.527. The van der Waals surface area contributed by atoms with Crippen LogP contribution in [-0.2, 0) is 13.1 Å². The van der Waals surface area contributed by atoms with Crippen molar-refractivity contribution >= 4 is 0 Å². The van der Waals surface area contributed by atoms with E-state index in [4.69, 9.17) is 0 Å². The smallest absolute Gasteiger partial charge is 0.0922 e. The maximum atomic E-state index is 4.17. The van der Waals surface area contributed by atoms with E-state index in [9.17, 15) is 0 Å². The Kier molecular flexibility index (Phi) is 4.97. The van der Waals surface area contributed by atoms with Gasteiger partial charge in [0.2, 0.25) is 0 Å². The van der Waals surface area contributed by atoms with E-state index in [-0.39, 0.29) is 0 Å². The van der Waals surface area contributed by atoms with Gasteiger partial charge in [0.15, 0.2) is 0 Å². The zero-order valence-electron chi connectivity index (χ0n) is 12.3. The molecule has 21 heavy (non-hydrogen) atoms. The summed E-state index contributed by atoms with van der Waals surface area (Å²) in [6.07, 6.45) is 12.5. The van der Waals surface area contributed by atoms with Crippen molar-refractivity contribution in [2.45, 2.75) is 50.9 Å². The Balaban J connectivity index is 1.51. The molecular formula is C16H23N5. The first-order chi connectivity index (χ1) is 10.4. The Morgan fingerprint density at radius 1 is 1.05 bits per heavy atom. The van der Waals surface area contributed by atoms with Crippen molar-refractivity contribution in [3.8, 4) is 0 Å². The van der Waals surface area contributed by atoms with E-state index in [0.29, 0.717) is 12.1 Å². The Bertz CT molecular complexity index is 511. The van der Waals surface area contributed by atoms with Gasteiger partial charge >= 0.3 is 0 Å². The number of rotatable bonds is 6. The number of imidazole rings is 1. The molecular weight excluding hydrogens is 262 g/mol. The van der Waals surface area contributed by atoms with Crippen LogP contribution in [0.4, 0.5) is 0 Å². The van der Waals surface area contributed by atoms with Crippen LogP contribution in [0.3, 0.4) is 0 Å². The van der Waals surface area contributed by atoms with Crippen molar-refractivity contribution in [1.29, 1.82) is 0 Å². The molecule has 0 aromatic carbocycles. The van der Waals surface area contributed by atoms with Crippen LogP contribution in [0.1, 0.15) is 36.9 Å². The van der Waals surface area contributed by atoms with E-state index in [0.717, 1.165) is 18.8 Å². The predicted molar refractivity (Wildman–Crippen MR) is 82.5 cm³/mol. The molecule has 1 saturated carbocycles. The number of aromatic amines is 1. The minimum Gasteiger partial charge on any atom is -0.347 e. The highest BCUT2D eigenvalue weighted by Crippen LogP contribution is 2.19. The lowest BCUT2D eigenvalue weighted by molar-refractivity contribution is 0.280. The molecule has 3 N–H and O–H groups in total. The fourth-order valence-corrected chi connectivity index (χ4v) is 2.99. The Morgan fingerprint density at radius 2 is 1.86 bits per heavy atom. The molecule has 0 bridgehead atoms. The summed E-state index contributed by atoms with van der Waals surface area (Å²) in [6.45, 7) is 1.75. The van der Waals surface area contributed by atoms with E-state index < -0.39 is 0 Å². The summed E-state index contributed by atoms with van der Waals surface area (Å²) in [5.41, 5.74) is 2.39. The Hall–Kier alpha value is -1.72. The third-order valence-corrected chi connectivity index (χ3v) is 4.17. The third-order valence-electron chi connectivity index (χ3n) is 4.17. The SMILES string of the molecule is c1cncc(CN[C@H]2CCCCC2NCc2cnc[nH]2)c1. The highest BCUT2D eigenvalue weighted by Gasteiger charge is 2.24. The molecule has 2 heterocycles.